The number of hydrogen-bond acceptors (Lipinski definition) is 3. The van der Waals surface area contributed by atoms with Gasteiger partial charge >= 0.3 is 5.97 Å². The standard InChI is InChI=1S/C13H11BrN2O2/c14-10-4-2-9(3-5-10)11(13(17)18)8-12-15-6-1-7-16-12/h1-7,11H,8H2,(H,17,18). The van der Waals surface area contributed by atoms with Gasteiger partial charge in [-0.1, -0.05) is 28.1 Å². The third-order valence-electron chi connectivity index (χ3n) is 2.58. The Hall–Kier alpha value is -1.75. The summed E-state index contributed by atoms with van der Waals surface area (Å²) in [5, 5.41) is 9.29. The van der Waals surface area contributed by atoms with Crippen molar-refractivity contribution in [3.8, 4) is 0 Å². The van der Waals surface area contributed by atoms with Crippen LogP contribution in [-0.4, -0.2) is 21.0 Å². The molecule has 0 fully saturated rings. The normalized spacial score (nSPS) is 12.1. The van der Waals surface area contributed by atoms with Gasteiger partial charge in [0.25, 0.3) is 0 Å². The van der Waals surface area contributed by atoms with Crippen LogP contribution < -0.4 is 0 Å². The minimum absolute atomic E-state index is 0.289. The van der Waals surface area contributed by atoms with Crippen molar-refractivity contribution in [2.45, 2.75) is 12.3 Å². The van der Waals surface area contributed by atoms with Gasteiger partial charge in [-0.05, 0) is 23.8 Å². The van der Waals surface area contributed by atoms with Crippen molar-refractivity contribution in [3.05, 3.63) is 58.6 Å². The second-order valence-electron chi connectivity index (χ2n) is 3.81. The van der Waals surface area contributed by atoms with Gasteiger partial charge in [-0.15, -0.1) is 0 Å². The molecular weight excluding hydrogens is 296 g/mol. The van der Waals surface area contributed by atoms with E-state index in [-0.39, 0.29) is 6.42 Å². The van der Waals surface area contributed by atoms with Gasteiger partial charge in [0.1, 0.15) is 5.82 Å². The maximum atomic E-state index is 11.3. The van der Waals surface area contributed by atoms with Gasteiger partial charge in [-0.25, -0.2) is 9.97 Å². The molecule has 0 radical (unpaired) electrons. The Morgan fingerprint density at radius 3 is 2.39 bits per heavy atom. The molecule has 1 aromatic heterocycles. The van der Waals surface area contributed by atoms with E-state index in [4.69, 9.17) is 0 Å². The summed E-state index contributed by atoms with van der Waals surface area (Å²) in [4.78, 5) is 19.4. The van der Waals surface area contributed by atoms with Crippen LogP contribution in [0.5, 0.6) is 0 Å². The van der Waals surface area contributed by atoms with Crippen molar-refractivity contribution in [2.75, 3.05) is 0 Å². The number of carboxylic acid groups (broad SMARTS) is 1. The van der Waals surface area contributed by atoms with E-state index >= 15 is 0 Å². The van der Waals surface area contributed by atoms with Crippen LogP contribution in [0.4, 0.5) is 0 Å². The number of aliphatic carboxylic acids is 1. The van der Waals surface area contributed by atoms with Crippen molar-refractivity contribution in [1.82, 2.24) is 9.97 Å². The van der Waals surface area contributed by atoms with Crippen LogP contribution in [0.1, 0.15) is 17.3 Å². The van der Waals surface area contributed by atoms with Gasteiger partial charge in [0.2, 0.25) is 0 Å². The monoisotopic (exact) mass is 306 g/mol. The van der Waals surface area contributed by atoms with Gasteiger partial charge in [0.15, 0.2) is 0 Å². The van der Waals surface area contributed by atoms with E-state index in [0.717, 1.165) is 10.0 Å². The fraction of sp³-hybridized carbons (Fsp3) is 0.154. The highest BCUT2D eigenvalue weighted by Gasteiger charge is 2.21. The number of halogens is 1. The smallest absolute Gasteiger partial charge is 0.311 e. The molecule has 18 heavy (non-hydrogen) atoms. The molecule has 1 unspecified atom stereocenters. The number of carboxylic acids is 1. The lowest BCUT2D eigenvalue weighted by Gasteiger charge is -2.11. The largest absolute Gasteiger partial charge is 0.481 e. The second-order valence-corrected chi connectivity index (χ2v) is 4.73. The van der Waals surface area contributed by atoms with Crippen molar-refractivity contribution in [1.29, 1.82) is 0 Å². The molecule has 5 heteroatoms. The molecule has 4 nitrogen and oxygen atoms in total. The van der Waals surface area contributed by atoms with E-state index in [1.54, 1.807) is 30.6 Å². The first-order chi connectivity index (χ1) is 8.66. The molecule has 1 aromatic carbocycles. The second kappa shape index (κ2) is 5.73. The van der Waals surface area contributed by atoms with Crippen LogP contribution in [0.25, 0.3) is 0 Å². The number of aromatic nitrogens is 2. The van der Waals surface area contributed by atoms with E-state index < -0.39 is 11.9 Å². The summed E-state index contributed by atoms with van der Waals surface area (Å²) in [5.41, 5.74) is 0.748. The molecular formula is C13H11BrN2O2. The molecule has 0 aliphatic carbocycles. The SMILES string of the molecule is O=C(O)C(Cc1ncccn1)c1ccc(Br)cc1. The minimum Gasteiger partial charge on any atom is -0.481 e. The van der Waals surface area contributed by atoms with Crippen molar-refractivity contribution < 1.29 is 9.90 Å². The first-order valence-corrected chi connectivity index (χ1v) is 6.20. The highest BCUT2D eigenvalue weighted by molar-refractivity contribution is 9.10. The summed E-state index contributed by atoms with van der Waals surface area (Å²) in [5.74, 6) is -0.960. The zero-order valence-electron chi connectivity index (χ0n) is 9.45. The van der Waals surface area contributed by atoms with E-state index in [1.165, 1.54) is 0 Å². The number of nitrogens with zero attached hydrogens (tertiary/aromatic N) is 2. The number of rotatable bonds is 4. The quantitative estimate of drug-likeness (QED) is 0.943. The van der Waals surface area contributed by atoms with Crippen LogP contribution in [0.3, 0.4) is 0 Å². The molecule has 2 aromatic rings. The van der Waals surface area contributed by atoms with E-state index in [2.05, 4.69) is 25.9 Å². The molecule has 0 aliphatic heterocycles. The third kappa shape index (κ3) is 3.13. The first kappa shape index (κ1) is 12.7. The Balaban J connectivity index is 2.24. The fourth-order valence-electron chi connectivity index (χ4n) is 1.66. The molecule has 0 saturated carbocycles. The van der Waals surface area contributed by atoms with Crippen molar-refractivity contribution >= 4 is 21.9 Å². The molecule has 0 spiro atoms. The minimum atomic E-state index is -0.871. The molecule has 0 amide bonds. The predicted octanol–water partition coefficient (Wildman–Crippen LogP) is 2.65. The number of benzene rings is 1. The van der Waals surface area contributed by atoms with Gasteiger partial charge in [-0.3, -0.25) is 4.79 Å². The molecule has 92 valence electrons. The van der Waals surface area contributed by atoms with Crippen LogP contribution in [0.2, 0.25) is 0 Å². The Kier molecular flexibility index (Phi) is 4.04. The molecule has 0 aliphatic rings. The topological polar surface area (TPSA) is 63.1 Å². The Morgan fingerprint density at radius 1 is 1.22 bits per heavy atom. The lowest BCUT2D eigenvalue weighted by atomic mass is 9.95. The van der Waals surface area contributed by atoms with Crippen LogP contribution in [-0.2, 0) is 11.2 Å². The van der Waals surface area contributed by atoms with Gasteiger partial charge in [-0.2, -0.15) is 0 Å². The highest BCUT2D eigenvalue weighted by atomic mass is 79.9. The predicted molar refractivity (Wildman–Crippen MR) is 70.3 cm³/mol. The Labute approximate surface area is 113 Å². The Morgan fingerprint density at radius 2 is 1.83 bits per heavy atom. The maximum Gasteiger partial charge on any atom is 0.311 e. The summed E-state index contributed by atoms with van der Waals surface area (Å²) in [7, 11) is 0. The molecule has 1 N–H and O–H groups in total. The Bertz CT molecular complexity index is 528. The van der Waals surface area contributed by atoms with Crippen LogP contribution in [0.15, 0.2) is 47.2 Å². The zero-order valence-corrected chi connectivity index (χ0v) is 11.0. The summed E-state index contributed by atoms with van der Waals surface area (Å²) in [6, 6.07) is 8.96. The van der Waals surface area contributed by atoms with Gasteiger partial charge < -0.3 is 5.11 Å². The lowest BCUT2D eigenvalue weighted by Crippen LogP contribution is -2.15. The average Bonchev–Trinajstić information content (AvgIpc) is 2.38. The summed E-state index contributed by atoms with van der Waals surface area (Å²) in [6.07, 6.45) is 3.52. The summed E-state index contributed by atoms with van der Waals surface area (Å²) < 4.78 is 0.923. The fourth-order valence-corrected chi connectivity index (χ4v) is 1.93. The lowest BCUT2D eigenvalue weighted by molar-refractivity contribution is -0.138. The maximum absolute atomic E-state index is 11.3. The van der Waals surface area contributed by atoms with Crippen molar-refractivity contribution in [2.24, 2.45) is 0 Å². The summed E-state index contributed by atoms with van der Waals surface area (Å²) >= 11 is 3.33. The molecule has 2 rings (SSSR count). The van der Waals surface area contributed by atoms with E-state index in [1.807, 2.05) is 12.1 Å². The molecule has 1 atom stereocenters. The van der Waals surface area contributed by atoms with Gasteiger partial charge in [0, 0.05) is 23.3 Å². The molecule has 0 saturated heterocycles. The molecule has 0 bridgehead atoms. The first-order valence-electron chi connectivity index (χ1n) is 5.41. The summed E-state index contributed by atoms with van der Waals surface area (Å²) in [6.45, 7) is 0. The van der Waals surface area contributed by atoms with Gasteiger partial charge in [0.05, 0.1) is 5.92 Å². The third-order valence-corrected chi connectivity index (χ3v) is 3.11. The number of hydrogen-bond donors (Lipinski definition) is 1. The highest BCUT2D eigenvalue weighted by Crippen LogP contribution is 2.21. The average molecular weight is 307 g/mol. The zero-order chi connectivity index (χ0) is 13.0. The van der Waals surface area contributed by atoms with Crippen LogP contribution >= 0.6 is 15.9 Å². The van der Waals surface area contributed by atoms with E-state index in [9.17, 15) is 9.90 Å². The molecule has 1 heterocycles. The van der Waals surface area contributed by atoms with Crippen LogP contribution in [0, 0.1) is 0 Å². The number of carbonyl (C=O) groups is 1. The van der Waals surface area contributed by atoms with Crippen molar-refractivity contribution in [3.63, 3.8) is 0 Å². The van der Waals surface area contributed by atoms with E-state index in [0.29, 0.717) is 5.82 Å².